The minimum atomic E-state index is -0.381. The van der Waals surface area contributed by atoms with E-state index in [2.05, 4.69) is 10.7 Å². The Hall–Kier alpha value is -3.32. The first-order valence-corrected chi connectivity index (χ1v) is 10.4. The molecule has 2 aromatic carbocycles. The molecule has 0 radical (unpaired) electrons. The highest BCUT2D eigenvalue weighted by molar-refractivity contribution is 6.33. The van der Waals surface area contributed by atoms with E-state index in [9.17, 15) is 14.4 Å². The van der Waals surface area contributed by atoms with Gasteiger partial charge in [-0.15, -0.1) is 0 Å². The Bertz CT molecular complexity index is 1080. The van der Waals surface area contributed by atoms with Crippen LogP contribution in [-0.2, 0) is 9.59 Å². The van der Waals surface area contributed by atoms with Crippen molar-refractivity contribution >= 4 is 46.4 Å². The zero-order chi connectivity index (χ0) is 22.1. The predicted octanol–water partition coefficient (Wildman–Crippen LogP) is 3.62. The second-order valence-electron chi connectivity index (χ2n) is 7.87. The number of hydrogen-bond donors (Lipinski definition) is 2. The molecule has 0 saturated carbocycles. The van der Waals surface area contributed by atoms with E-state index in [4.69, 9.17) is 11.6 Å². The standard InChI is InChI=1S/C23H23ClN4O3/c1-27(2)20-11-10-15(13-19(20)24)25-21(29)14-6-5-7-16(12-14)28-23(31)18-9-4-3-8-17(18)22(30)26-28/h3-7,10-13,17-18H,8-9H2,1-2H3,(H,25,29)(H,26,30). The van der Waals surface area contributed by atoms with Gasteiger partial charge in [0.1, 0.15) is 0 Å². The van der Waals surface area contributed by atoms with E-state index in [0.29, 0.717) is 34.8 Å². The van der Waals surface area contributed by atoms with Crippen LogP contribution in [0.15, 0.2) is 54.6 Å². The van der Waals surface area contributed by atoms with E-state index in [0.717, 1.165) is 5.69 Å². The number of nitrogens with zero attached hydrogens (tertiary/aromatic N) is 2. The fourth-order valence-corrected chi connectivity index (χ4v) is 4.27. The molecule has 2 unspecified atom stereocenters. The van der Waals surface area contributed by atoms with E-state index in [1.807, 2.05) is 37.2 Å². The molecule has 2 aromatic rings. The molecule has 1 aliphatic heterocycles. The van der Waals surface area contributed by atoms with Gasteiger partial charge in [0.25, 0.3) is 5.91 Å². The Morgan fingerprint density at radius 3 is 2.55 bits per heavy atom. The van der Waals surface area contributed by atoms with E-state index in [-0.39, 0.29) is 29.6 Å². The highest BCUT2D eigenvalue weighted by atomic mass is 35.5. The van der Waals surface area contributed by atoms with Crippen LogP contribution < -0.4 is 20.7 Å². The molecule has 2 N–H and O–H groups in total. The van der Waals surface area contributed by atoms with Gasteiger partial charge in [-0.05, 0) is 49.2 Å². The van der Waals surface area contributed by atoms with Crippen LogP contribution in [0.3, 0.4) is 0 Å². The molecule has 0 aromatic heterocycles. The highest BCUT2D eigenvalue weighted by Crippen LogP contribution is 2.33. The van der Waals surface area contributed by atoms with E-state index >= 15 is 0 Å². The average molecular weight is 439 g/mol. The summed E-state index contributed by atoms with van der Waals surface area (Å²) in [5.41, 5.74) is 4.89. The van der Waals surface area contributed by atoms with E-state index < -0.39 is 0 Å². The molecule has 4 rings (SSSR count). The molecule has 1 fully saturated rings. The van der Waals surface area contributed by atoms with E-state index in [1.165, 1.54) is 5.01 Å². The van der Waals surface area contributed by atoms with Crippen LogP contribution in [0.25, 0.3) is 0 Å². The topological polar surface area (TPSA) is 81.8 Å². The van der Waals surface area contributed by atoms with Crippen LogP contribution in [0.1, 0.15) is 23.2 Å². The molecule has 8 heteroatoms. The van der Waals surface area contributed by atoms with Gasteiger partial charge < -0.3 is 10.2 Å². The lowest BCUT2D eigenvalue weighted by atomic mass is 9.80. The van der Waals surface area contributed by atoms with Crippen molar-refractivity contribution < 1.29 is 14.4 Å². The summed E-state index contributed by atoms with van der Waals surface area (Å²) in [4.78, 5) is 40.1. The average Bonchev–Trinajstić information content (AvgIpc) is 2.76. The first-order chi connectivity index (χ1) is 14.8. The Morgan fingerprint density at radius 2 is 1.84 bits per heavy atom. The Morgan fingerprint density at radius 1 is 1.10 bits per heavy atom. The monoisotopic (exact) mass is 438 g/mol. The van der Waals surface area contributed by atoms with Crippen molar-refractivity contribution in [1.82, 2.24) is 5.43 Å². The van der Waals surface area contributed by atoms with Crippen molar-refractivity contribution in [3.8, 4) is 0 Å². The molecular weight excluding hydrogens is 416 g/mol. The Balaban J connectivity index is 1.54. The molecule has 2 aliphatic rings. The molecule has 2 atom stereocenters. The maximum atomic E-state index is 13.0. The van der Waals surface area contributed by atoms with Gasteiger partial charge in [0, 0.05) is 25.3 Å². The summed E-state index contributed by atoms with van der Waals surface area (Å²) in [6.07, 6.45) is 4.98. The number of anilines is 3. The lowest BCUT2D eigenvalue weighted by Gasteiger charge is -2.38. The van der Waals surface area contributed by atoms with Gasteiger partial charge in [0.15, 0.2) is 0 Å². The van der Waals surface area contributed by atoms with Crippen LogP contribution in [0.2, 0.25) is 5.02 Å². The number of rotatable bonds is 4. The fraction of sp³-hybridized carbons (Fsp3) is 0.261. The van der Waals surface area contributed by atoms with Gasteiger partial charge in [-0.25, -0.2) is 5.01 Å². The summed E-state index contributed by atoms with van der Waals surface area (Å²) in [7, 11) is 3.77. The number of hydrazine groups is 1. The van der Waals surface area contributed by atoms with Crippen molar-refractivity contribution in [2.45, 2.75) is 12.8 Å². The van der Waals surface area contributed by atoms with Crippen LogP contribution >= 0.6 is 11.6 Å². The SMILES string of the molecule is CN(C)c1ccc(NC(=O)c2cccc(N3NC(=O)C4CC=CCC4C3=O)c2)cc1Cl. The van der Waals surface area contributed by atoms with Crippen molar-refractivity contribution in [2.24, 2.45) is 11.8 Å². The van der Waals surface area contributed by atoms with Crippen molar-refractivity contribution in [3.05, 3.63) is 65.2 Å². The fourth-order valence-electron chi connectivity index (χ4n) is 3.92. The molecule has 0 spiro atoms. The van der Waals surface area contributed by atoms with Crippen molar-refractivity contribution in [1.29, 1.82) is 0 Å². The van der Waals surface area contributed by atoms with Gasteiger partial charge in [0.2, 0.25) is 11.8 Å². The summed E-state index contributed by atoms with van der Waals surface area (Å²) in [5, 5.41) is 4.59. The van der Waals surface area contributed by atoms with Crippen LogP contribution in [-0.4, -0.2) is 31.8 Å². The van der Waals surface area contributed by atoms with Gasteiger partial charge >= 0.3 is 0 Å². The smallest absolute Gasteiger partial charge is 0.255 e. The summed E-state index contributed by atoms with van der Waals surface area (Å²) >= 11 is 6.28. The maximum absolute atomic E-state index is 13.0. The quantitative estimate of drug-likeness (QED) is 0.714. The van der Waals surface area contributed by atoms with Crippen LogP contribution in [0.5, 0.6) is 0 Å². The molecule has 0 bridgehead atoms. The number of halogens is 1. The van der Waals surface area contributed by atoms with Gasteiger partial charge in [-0.3, -0.25) is 19.8 Å². The van der Waals surface area contributed by atoms with Crippen LogP contribution in [0, 0.1) is 11.8 Å². The molecule has 1 aliphatic carbocycles. The molecule has 1 heterocycles. The minimum absolute atomic E-state index is 0.169. The largest absolute Gasteiger partial charge is 0.376 e. The molecule has 31 heavy (non-hydrogen) atoms. The number of amides is 3. The summed E-state index contributed by atoms with van der Waals surface area (Å²) < 4.78 is 0. The second-order valence-corrected chi connectivity index (χ2v) is 8.28. The predicted molar refractivity (Wildman–Crippen MR) is 121 cm³/mol. The zero-order valence-corrected chi connectivity index (χ0v) is 18.0. The molecule has 3 amide bonds. The number of hydrogen-bond acceptors (Lipinski definition) is 4. The van der Waals surface area contributed by atoms with Gasteiger partial charge in [-0.1, -0.05) is 29.8 Å². The lowest BCUT2D eigenvalue weighted by molar-refractivity contribution is -0.139. The Kier molecular flexibility index (Phi) is 5.69. The van der Waals surface area contributed by atoms with Crippen molar-refractivity contribution in [3.63, 3.8) is 0 Å². The number of carbonyl (C=O) groups is 3. The molecule has 7 nitrogen and oxygen atoms in total. The minimum Gasteiger partial charge on any atom is -0.376 e. The first-order valence-electron chi connectivity index (χ1n) is 10.0. The molecule has 160 valence electrons. The Labute approximate surface area is 185 Å². The highest BCUT2D eigenvalue weighted by Gasteiger charge is 2.42. The normalized spacial score (nSPS) is 20.2. The first kappa shape index (κ1) is 20.9. The van der Waals surface area contributed by atoms with Crippen molar-refractivity contribution in [2.75, 3.05) is 29.3 Å². The third-order valence-electron chi connectivity index (χ3n) is 5.58. The number of benzene rings is 2. The lowest BCUT2D eigenvalue weighted by Crippen LogP contribution is -2.59. The third-order valence-corrected chi connectivity index (χ3v) is 5.89. The maximum Gasteiger partial charge on any atom is 0.255 e. The number of allylic oxidation sites excluding steroid dienone is 2. The number of fused-ring (bicyclic) bond motifs is 1. The molecular formula is C23H23ClN4O3. The zero-order valence-electron chi connectivity index (χ0n) is 17.3. The summed E-state index contributed by atoms with van der Waals surface area (Å²) in [6, 6.07) is 11.9. The second kappa shape index (κ2) is 8.43. The third kappa shape index (κ3) is 4.14. The molecule has 1 saturated heterocycles. The van der Waals surface area contributed by atoms with Crippen LogP contribution in [0.4, 0.5) is 17.1 Å². The number of carbonyl (C=O) groups excluding carboxylic acids is 3. The van der Waals surface area contributed by atoms with E-state index in [1.54, 1.807) is 36.4 Å². The number of nitrogens with one attached hydrogen (secondary N) is 2. The summed E-state index contributed by atoms with van der Waals surface area (Å²) in [6.45, 7) is 0. The van der Waals surface area contributed by atoms with Gasteiger partial charge in [0.05, 0.1) is 28.2 Å². The summed E-state index contributed by atoms with van der Waals surface area (Å²) in [5.74, 6) is -1.41. The van der Waals surface area contributed by atoms with Gasteiger partial charge in [-0.2, -0.15) is 0 Å².